The third-order valence-electron chi connectivity index (χ3n) is 3.24. The van der Waals surface area contributed by atoms with E-state index in [-0.39, 0.29) is 17.2 Å². The van der Waals surface area contributed by atoms with Gasteiger partial charge in [0.05, 0.1) is 10.5 Å². The van der Waals surface area contributed by atoms with Gasteiger partial charge >= 0.3 is 5.97 Å². The van der Waals surface area contributed by atoms with E-state index in [1.807, 2.05) is 6.92 Å². The van der Waals surface area contributed by atoms with E-state index in [9.17, 15) is 14.9 Å². The van der Waals surface area contributed by atoms with Crippen LogP contribution in [0.1, 0.15) is 44.0 Å². The first-order valence-electron chi connectivity index (χ1n) is 7.47. The molecule has 5 nitrogen and oxygen atoms in total. The monoisotopic (exact) mass is 315 g/mol. The van der Waals surface area contributed by atoms with Gasteiger partial charge in [-0.3, -0.25) is 10.1 Å². The minimum absolute atomic E-state index is 0.0699. The summed E-state index contributed by atoms with van der Waals surface area (Å²) in [4.78, 5) is 22.3. The van der Waals surface area contributed by atoms with Crippen LogP contribution >= 0.6 is 0 Å². The summed E-state index contributed by atoms with van der Waals surface area (Å²) in [6.07, 6.45) is 1.30. The Labute approximate surface area is 136 Å². The van der Waals surface area contributed by atoms with Crippen molar-refractivity contribution < 1.29 is 14.5 Å². The minimum atomic E-state index is -0.538. The summed E-state index contributed by atoms with van der Waals surface area (Å²) in [6, 6.07) is 5.32. The first-order chi connectivity index (χ1) is 10.8. The van der Waals surface area contributed by atoms with E-state index in [0.717, 1.165) is 12.8 Å². The molecule has 0 aliphatic rings. The Bertz CT molecular complexity index is 637. The van der Waals surface area contributed by atoms with Gasteiger partial charge in [-0.1, -0.05) is 38.7 Å². The number of non-ortho nitro benzene ring substituents is 1. The van der Waals surface area contributed by atoms with Crippen molar-refractivity contribution in [3.8, 4) is 11.8 Å². The van der Waals surface area contributed by atoms with Gasteiger partial charge < -0.3 is 4.74 Å². The molecule has 0 saturated carbocycles. The van der Waals surface area contributed by atoms with E-state index in [1.54, 1.807) is 6.92 Å². The maximum Gasteiger partial charge on any atom is 0.339 e. The van der Waals surface area contributed by atoms with E-state index in [4.69, 9.17) is 4.74 Å². The fraction of sp³-hybridized carbons (Fsp3) is 0.389. The summed E-state index contributed by atoms with van der Waals surface area (Å²) < 4.78 is 5.48. The van der Waals surface area contributed by atoms with E-state index in [0.29, 0.717) is 5.57 Å². The van der Waals surface area contributed by atoms with Crippen LogP contribution in [0.4, 0.5) is 5.69 Å². The number of nitro benzene ring substituents is 1. The lowest BCUT2D eigenvalue weighted by atomic mass is 9.99. The fourth-order valence-corrected chi connectivity index (χ4v) is 1.99. The van der Waals surface area contributed by atoms with E-state index in [1.165, 1.54) is 24.3 Å². The highest BCUT2D eigenvalue weighted by molar-refractivity contribution is 5.89. The Hall–Kier alpha value is -2.61. The van der Waals surface area contributed by atoms with Crippen LogP contribution in [0.15, 0.2) is 36.4 Å². The maximum atomic E-state index is 12.2. The molecule has 0 radical (unpaired) electrons. The molecule has 0 heterocycles. The van der Waals surface area contributed by atoms with Gasteiger partial charge in [-0.25, -0.2) is 4.79 Å². The largest absolute Gasteiger partial charge is 0.445 e. The Kier molecular flexibility index (Phi) is 7.01. The number of nitro groups is 1. The van der Waals surface area contributed by atoms with Gasteiger partial charge in [0.15, 0.2) is 6.10 Å². The maximum absolute atomic E-state index is 12.2. The van der Waals surface area contributed by atoms with Crippen LogP contribution in [0.2, 0.25) is 0 Å². The highest BCUT2D eigenvalue weighted by Crippen LogP contribution is 2.17. The molecule has 0 spiro atoms. The van der Waals surface area contributed by atoms with Crippen molar-refractivity contribution in [3.05, 3.63) is 52.1 Å². The van der Waals surface area contributed by atoms with Crippen molar-refractivity contribution in [2.45, 2.75) is 39.7 Å². The molecule has 0 saturated heterocycles. The Morgan fingerprint density at radius 3 is 2.48 bits per heavy atom. The molecule has 0 amide bonds. The molecule has 2 unspecified atom stereocenters. The molecule has 2 atom stereocenters. The van der Waals surface area contributed by atoms with Crippen molar-refractivity contribution in [3.63, 3.8) is 0 Å². The quantitative estimate of drug-likeness (QED) is 0.342. The van der Waals surface area contributed by atoms with Crippen LogP contribution in [-0.2, 0) is 4.74 Å². The molecule has 1 aromatic carbocycles. The molecule has 0 fully saturated rings. The van der Waals surface area contributed by atoms with Crippen LogP contribution < -0.4 is 0 Å². The lowest BCUT2D eigenvalue weighted by Crippen LogP contribution is -2.24. The third kappa shape index (κ3) is 5.95. The molecule has 5 heteroatoms. The van der Waals surface area contributed by atoms with Crippen LogP contribution in [0.3, 0.4) is 0 Å². The fourth-order valence-electron chi connectivity index (χ4n) is 1.99. The molecule has 0 aliphatic heterocycles. The second kappa shape index (κ2) is 8.74. The van der Waals surface area contributed by atoms with Crippen LogP contribution in [0, 0.1) is 27.9 Å². The van der Waals surface area contributed by atoms with Gasteiger partial charge in [0.25, 0.3) is 5.69 Å². The van der Waals surface area contributed by atoms with Crippen LogP contribution in [-0.4, -0.2) is 17.0 Å². The third-order valence-corrected chi connectivity index (χ3v) is 3.24. The van der Waals surface area contributed by atoms with Crippen LogP contribution in [0.25, 0.3) is 0 Å². The lowest BCUT2D eigenvalue weighted by Gasteiger charge is -2.19. The standard InChI is InChI=1S/C18H21NO4/c1-5-6-14(4)17(12-7-13(2)3)23-18(20)15-8-10-16(11-9-15)19(21)22/h8-11,14,17H,2,5-6H2,1,3-4H3. The molecular formula is C18H21NO4. The first-order valence-corrected chi connectivity index (χ1v) is 7.47. The van der Waals surface area contributed by atoms with Crippen molar-refractivity contribution in [1.29, 1.82) is 0 Å². The minimum Gasteiger partial charge on any atom is -0.445 e. The molecule has 122 valence electrons. The summed E-state index contributed by atoms with van der Waals surface area (Å²) in [7, 11) is 0. The number of rotatable bonds is 6. The highest BCUT2D eigenvalue weighted by Gasteiger charge is 2.20. The number of hydrogen-bond donors (Lipinski definition) is 0. The summed E-state index contributed by atoms with van der Waals surface area (Å²) in [6.45, 7) is 9.53. The Morgan fingerprint density at radius 2 is 2.00 bits per heavy atom. The zero-order valence-corrected chi connectivity index (χ0v) is 13.7. The number of carbonyl (C=O) groups is 1. The average molecular weight is 315 g/mol. The summed E-state index contributed by atoms with van der Waals surface area (Å²) in [5.74, 6) is 5.34. The molecule has 23 heavy (non-hydrogen) atoms. The molecule has 0 aliphatic carbocycles. The Morgan fingerprint density at radius 1 is 1.39 bits per heavy atom. The number of carbonyl (C=O) groups excluding carboxylic acids is 1. The summed E-state index contributed by atoms with van der Waals surface area (Å²) in [5.41, 5.74) is 0.894. The molecular weight excluding hydrogens is 294 g/mol. The first kappa shape index (κ1) is 18.4. The van der Waals surface area contributed by atoms with Gasteiger partial charge in [0, 0.05) is 18.1 Å². The van der Waals surface area contributed by atoms with Gasteiger partial charge in [0.1, 0.15) is 0 Å². The molecule has 0 bridgehead atoms. The van der Waals surface area contributed by atoms with Gasteiger partial charge in [-0.2, -0.15) is 0 Å². The van der Waals surface area contributed by atoms with Crippen molar-refractivity contribution in [2.24, 2.45) is 5.92 Å². The van der Waals surface area contributed by atoms with Gasteiger partial charge in [-0.05, 0) is 31.1 Å². The van der Waals surface area contributed by atoms with Crippen molar-refractivity contribution in [2.75, 3.05) is 0 Å². The highest BCUT2D eigenvalue weighted by atomic mass is 16.6. The number of allylic oxidation sites excluding steroid dienone is 1. The predicted octanol–water partition coefficient (Wildman–Crippen LogP) is 4.14. The number of esters is 1. The Balaban J connectivity index is 2.89. The number of ether oxygens (including phenoxy) is 1. The van der Waals surface area contributed by atoms with Gasteiger partial charge in [0.2, 0.25) is 0 Å². The molecule has 0 aromatic heterocycles. The predicted molar refractivity (Wildman–Crippen MR) is 89.0 cm³/mol. The lowest BCUT2D eigenvalue weighted by molar-refractivity contribution is -0.384. The second-order valence-electron chi connectivity index (χ2n) is 5.45. The topological polar surface area (TPSA) is 69.4 Å². The second-order valence-corrected chi connectivity index (χ2v) is 5.45. The smallest absolute Gasteiger partial charge is 0.339 e. The molecule has 1 rings (SSSR count). The zero-order valence-electron chi connectivity index (χ0n) is 13.7. The average Bonchev–Trinajstić information content (AvgIpc) is 2.51. The van der Waals surface area contributed by atoms with Crippen LogP contribution in [0.5, 0.6) is 0 Å². The number of benzene rings is 1. The molecule has 0 N–H and O–H groups in total. The van der Waals surface area contributed by atoms with E-state index < -0.39 is 17.0 Å². The van der Waals surface area contributed by atoms with Crippen molar-refractivity contribution >= 4 is 11.7 Å². The van der Waals surface area contributed by atoms with Crippen molar-refractivity contribution in [1.82, 2.24) is 0 Å². The molecule has 1 aromatic rings. The normalized spacial score (nSPS) is 12.5. The summed E-state index contributed by atoms with van der Waals surface area (Å²) in [5, 5.41) is 10.6. The number of hydrogen-bond acceptors (Lipinski definition) is 4. The van der Waals surface area contributed by atoms with Gasteiger partial charge in [-0.15, -0.1) is 0 Å². The van der Waals surface area contributed by atoms with E-state index in [2.05, 4.69) is 25.3 Å². The SMILES string of the molecule is C=C(C)C#CC(OC(=O)c1ccc([N+](=O)[O-])cc1)C(C)CCC. The number of nitrogens with zero attached hydrogens (tertiary/aromatic N) is 1. The zero-order chi connectivity index (χ0) is 17.4. The van der Waals surface area contributed by atoms with E-state index >= 15 is 0 Å². The summed E-state index contributed by atoms with van der Waals surface area (Å²) >= 11 is 0.